The van der Waals surface area contributed by atoms with E-state index < -0.39 is 18.2 Å². The highest BCUT2D eigenvalue weighted by Crippen LogP contribution is 2.39. The number of carbonyl (C=O) groups is 2. The molecule has 3 fully saturated rings. The lowest BCUT2D eigenvalue weighted by Gasteiger charge is -2.50. The molecule has 0 aliphatic carbocycles. The van der Waals surface area contributed by atoms with Gasteiger partial charge in [-0.3, -0.25) is 14.5 Å². The van der Waals surface area contributed by atoms with Gasteiger partial charge in [0.15, 0.2) is 0 Å². The Bertz CT molecular complexity index is 2220. The molecule has 1 unspecified atom stereocenters. The predicted molar refractivity (Wildman–Crippen MR) is 223 cm³/mol. The second kappa shape index (κ2) is 18.7. The lowest BCUT2D eigenvalue weighted by Crippen LogP contribution is -2.59. The average Bonchev–Trinajstić information content (AvgIpc) is 3.25. The second-order valence-corrected chi connectivity index (χ2v) is 15.4. The number of rotatable bonds is 17. The molecule has 2 bridgehead atoms. The van der Waals surface area contributed by atoms with Crippen molar-refractivity contribution < 1.29 is 29.6 Å². The van der Waals surface area contributed by atoms with Crippen molar-refractivity contribution in [2.24, 2.45) is 5.92 Å². The number of nitrogens with zero attached hydrogens (tertiary/aromatic N) is 3. The maximum absolute atomic E-state index is 13.4. The molecule has 0 saturated carbocycles. The molecular weight excluding hydrogens is 735 g/mol. The van der Waals surface area contributed by atoms with Crippen molar-refractivity contribution in [3.8, 4) is 11.5 Å². The summed E-state index contributed by atoms with van der Waals surface area (Å²) in [6.45, 7) is 7.19. The van der Waals surface area contributed by atoms with Crippen LogP contribution in [0.3, 0.4) is 0 Å². The minimum absolute atomic E-state index is 0.0405. The van der Waals surface area contributed by atoms with Crippen molar-refractivity contribution in [2.75, 3.05) is 45.8 Å². The third-order valence-corrected chi connectivity index (χ3v) is 11.7. The molecule has 0 spiro atoms. The lowest BCUT2D eigenvalue weighted by molar-refractivity contribution is -0.000814. The number of carboxylic acid groups (broad SMARTS) is 1. The van der Waals surface area contributed by atoms with Gasteiger partial charge in [-0.15, -0.1) is 0 Å². The third-order valence-electron chi connectivity index (χ3n) is 11.7. The number of benzene rings is 4. The largest absolute Gasteiger partial charge is 0.506 e. The molecule has 3 aliphatic heterocycles. The van der Waals surface area contributed by atoms with Crippen LogP contribution in [0.1, 0.15) is 77.4 Å². The van der Waals surface area contributed by atoms with Crippen LogP contribution in [-0.4, -0.2) is 98.9 Å². The van der Waals surface area contributed by atoms with Crippen molar-refractivity contribution in [3.05, 3.63) is 141 Å². The average molecular weight is 788 g/mol. The molecule has 12 nitrogen and oxygen atoms in total. The normalized spacial score (nSPS) is 18.4. The topological polar surface area (TPSA) is 159 Å². The van der Waals surface area contributed by atoms with Crippen molar-refractivity contribution in [2.45, 2.75) is 57.4 Å². The SMILES string of the molecule is CCN(CCCCNC[C@@H](O)c1ccc(O)c2[nH]c(=O)ccc12)C(=O)c1ccc(COc2cccc(C(c3ccccc3)N(C(=O)O)[C@H]3CN4CCC3CC4)c2)cc1. The number of aliphatic hydroxyl groups excluding tert-OH is 1. The van der Waals surface area contributed by atoms with Crippen molar-refractivity contribution in [1.82, 2.24) is 25.0 Å². The first kappa shape index (κ1) is 40.5. The Morgan fingerprint density at radius 2 is 1.69 bits per heavy atom. The molecule has 5 aromatic rings. The van der Waals surface area contributed by atoms with Crippen molar-refractivity contribution >= 4 is 22.9 Å². The van der Waals surface area contributed by atoms with E-state index in [9.17, 15) is 29.7 Å². The Hall–Kier alpha value is -5.69. The number of aromatic nitrogens is 1. The third kappa shape index (κ3) is 9.36. The summed E-state index contributed by atoms with van der Waals surface area (Å²) in [5.74, 6) is 0.901. The van der Waals surface area contributed by atoms with Gasteiger partial charge in [0.25, 0.3) is 5.91 Å². The number of hydrogen-bond donors (Lipinski definition) is 5. The van der Waals surface area contributed by atoms with Crippen LogP contribution in [0.15, 0.2) is 108 Å². The fraction of sp³-hybridized carbons (Fsp3) is 0.370. The summed E-state index contributed by atoms with van der Waals surface area (Å²) < 4.78 is 6.26. The van der Waals surface area contributed by atoms with E-state index in [1.165, 1.54) is 12.1 Å². The molecule has 58 heavy (non-hydrogen) atoms. The number of phenols is 1. The van der Waals surface area contributed by atoms with Crippen LogP contribution in [0.2, 0.25) is 0 Å². The predicted octanol–water partition coefficient (Wildman–Crippen LogP) is 6.54. The number of H-pyrrole nitrogens is 1. The Morgan fingerprint density at radius 3 is 2.40 bits per heavy atom. The molecule has 0 radical (unpaired) electrons. The number of hydrogen-bond acceptors (Lipinski definition) is 8. The number of carbonyl (C=O) groups excluding carboxylic acids is 1. The van der Waals surface area contributed by atoms with Crippen LogP contribution in [0.5, 0.6) is 11.5 Å². The van der Waals surface area contributed by atoms with Gasteiger partial charge in [0.2, 0.25) is 5.56 Å². The summed E-state index contributed by atoms with van der Waals surface area (Å²) in [6, 6.07) is 30.6. The molecule has 5 N–H and O–H groups in total. The molecule has 4 heterocycles. The zero-order chi connectivity index (χ0) is 40.6. The summed E-state index contributed by atoms with van der Waals surface area (Å²) in [7, 11) is 0. The van der Waals surface area contributed by atoms with Crippen molar-refractivity contribution in [3.63, 3.8) is 0 Å². The molecule has 3 atom stereocenters. The van der Waals surface area contributed by atoms with Gasteiger partial charge in [-0.25, -0.2) is 4.79 Å². The van der Waals surface area contributed by atoms with E-state index in [0.29, 0.717) is 59.9 Å². The highest BCUT2D eigenvalue weighted by Gasteiger charge is 2.43. The monoisotopic (exact) mass is 787 g/mol. The highest BCUT2D eigenvalue weighted by molar-refractivity contribution is 5.94. The number of amides is 2. The number of pyridine rings is 1. The molecule has 304 valence electrons. The number of ether oxygens (including phenoxy) is 1. The quantitative estimate of drug-likeness (QED) is 0.0660. The van der Waals surface area contributed by atoms with Gasteiger partial charge in [0, 0.05) is 43.2 Å². The van der Waals surface area contributed by atoms with E-state index in [-0.39, 0.29) is 29.9 Å². The number of piperidine rings is 3. The van der Waals surface area contributed by atoms with Crippen LogP contribution in [0.4, 0.5) is 4.79 Å². The first-order valence-corrected chi connectivity index (χ1v) is 20.3. The number of unbranched alkanes of at least 4 members (excludes halogenated alkanes) is 1. The fourth-order valence-electron chi connectivity index (χ4n) is 8.56. The smallest absolute Gasteiger partial charge is 0.408 e. The van der Waals surface area contributed by atoms with Gasteiger partial charge < -0.3 is 40.2 Å². The molecule has 1 aromatic heterocycles. The lowest BCUT2D eigenvalue weighted by atomic mass is 9.81. The van der Waals surface area contributed by atoms with Crippen molar-refractivity contribution in [1.29, 1.82) is 0 Å². The maximum Gasteiger partial charge on any atom is 0.408 e. The van der Waals surface area contributed by atoms with Gasteiger partial charge in [0.05, 0.1) is 23.7 Å². The number of aromatic amines is 1. The Balaban J connectivity index is 0.911. The van der Waals surface area contributed by atoms with Gasteiger partial charge >= 0.3 is 6.09 Å². The van der Waals surface area contributed by atoms with Gasteiger partial charge in [-0.05, 0) is 117 Å². The number of aromatic hydroxyl groups is 1. The van der Waals surface area contributed by atoms with E-state index in [4.69, 9.17) is 4.74 Å². The molecule has 12 heteroatoms. The summed E-state index contributed by atoms with van der Waals surface area (Å²) in [6.07, 6.45) is 1.87. The standard InChI is InChI=1S/C46H53N5O7/c1-2-50(24-7-6-23-47-28-41(53)37-17-19-40(52)43-38(37)18-20-42(54)48-43)45(55)34-15-13-31(14-16-34)30-58-36-12-8-11-35(27-36)44(33-9-4-3-5-10-33)51(46(56)57)39-29-49-25-21-32(39)22-26-49/h3-5,8-20,27,32,39,41,44,47,52-53H,2,6-7,21-26,28-30H2,1H3,(H,48,54)(H,56,57)/t39-,41+,44?/m0/s1. The molecule has 2 amide bonds. The Morgan fingerprint density at radius 1 is 0.931 bits per heavy atom. The summed E-state index contributed by atoms with van der Waals surface area (Å²) >= 11 is 0. The number of phenolic OH excluding ortho intramolecular Hbond substituents is 1. The van der Waals surface area contributed by atoms with E-state index in [1.54, 1.807) is 17.0 Å². The fourth-order valence-corrected chi connectivity index (χ4v) is 8.56. The number of nitrogens with one attached hydrogen (secondary N) is 2. The number of fused-ring (bicyclic) bond motifs is 4. The van der Waals surface area contributed by atoms with E-state index >= 15 is 0 Å². The molecule has 8 rings (SSSR count). The van der Waals surface area contributed by atoms with E-state index in [1.807, 2.05) is 90.7 Å². The van der Waals surface area contributed by atoms with Crippen LogP contribution < -0.4 is 15.6 Å². The molecule has 3 aliphatic rings. The zero-order valence-corrected chi connectivity index (χ0v) is 32.9. The van der Waals surface area contributed by atoms with Crippen LogP contribution in [0.25, 0.3) is 10.9 Å². The van der Waals surface area contributed by atoms with Gasteiger partial charge in [-0.1, -0.05) is 60.7 Å². The summed E-state index contributed by atoms with van der Waals surface area (Å²) in [5, 5.41) is 35.5. The molecule has 3 saturated heterocycles. The highest BCUT2D eigenvalue weighted by atomic mass is 16.5. The Kier molecular flexibility index (Phi) is 13.1. The maximum atomic E-state index is 13.4. The van der Waals surface area contributed by atoms with Gasteiger partial charge in [0.1, 0.15) is 18.1 Å². The number of aliphatic hydroxyl groups is 1. The van der Waals surface area contributed by atoms with Gasteiger partial charge in [-0.2, -0.15) is 0 Å². The van der Waals surface area contributed by atoms with Crippen LogP contribution in [-0.2, 0) is 6.61 Å². The molecular formula is C46H53N5O7. The van der Waals surface area contributed by atoms with E-state index in [0.717, 1.165) is 62.0 Å². The van der Waals surface area contributed by atoms with Crippen LogP contribution >= 0.6 is 0 Å². The minimum Gasteiger partial charge on any atom is -0.506 e. The van der Waals surface area contributed by atoms with E-state index in [2.05, 4.69) is 15.2 Å². The molecule has 4 aromatic carbocycles. The first-order valence-electron chi connectivity index (χ1n) is 20.3. The zero-order valence-electron chi connectivity index (χ0n) is 32.9. The second-order valence-electron chi connectivity index (χ2n) is 15.4. The minimum atomic E-state index is -0.915. The summed E-state index contributed by atoms with van der Waals surface area (Å²) in [4.78, 5) is 46.7. The van der Waals surface area contributed by atoms with Crippen LogP contribution in [0, 0.1) is 5.92 Å². The summed E-state index contributed by atoms with van der Waals surface area (Å²) in [5.41, 5.74) is 3.88. The first-order chi connectivity index (χ1) is 28.2. The Labute approximate surface area is 338 Å².